The van der Waals surface area contributed by atoms with Gasteiger partial charge in [-0.3, -0.25) is 0 Å². The van der Waals surface area contributed by atoms with Crippen molar-refractivity contribution >= 4 is 13.2 Å². The van der Waals surface area contributed by atoms with Crippen molar-refractivity contribution < 1.29 is 13.7 Å². The fourth-order valence-electron chi connectivity index (χ4n) is 2.35. The molecule has 5 nitrogen and oxygen atoms in total. The maximum atomic E-state index is 14.5. The lowest BCUT2D eigenvalue weighted by atomic mass is 9.87. The van der Waals surface area contributed by atoms with E-state index in [-0.39, 0.29) is 0 Å². The minimum atomic E-state index is -1.00. The molecule has 0 aromatic carbocycles. The van der Waals surface area contributed by atoms with Crippen molar-refractivity contribution in [2.75, 3.05) is 0 Å². The summed E-state index contributed by atoms with van der Waals surface area (Å²) in [5.41, 5.74) is -0.383. The molecule has 0 N–H and O–H groups in total. The molecule has 1 fully saturated rings. The van der Waals surface area contributed by atoms with Crippen molar-refractivity contribution in [1.82, 2.24) is 14.5 Å². The van der Waals surface area contributed by atoms with Gasteiger partial charge in [0.05, 0.1) is 24.1 Å². The molecule has 0 atom stereocenters. The normalized spacial score (nSPS) is 18.5. The topological polar surface area (TPSA) is 49.2 Å². The quantitative estimate of drug-likeness (QED) is 0.628. The number of nitrogens with zero attached hydrogens (tertiary/aromatic N) is 3. The first kappa shape index (κ1) is 18.4. The van der Waals surface area contributed by atoms with Crippen LogP contribution in [0.1, 0.15) is 39.0 Å². The molecule has 0 radical (unpaired) electrons. The molecule has 0 unspecified atom stereocenters. The Morgan fingerprint density at radius 3 is 2.58 bits per heavy atom. The minimum absolute atomic E-state index is 0.482. The minimum Gasteiger partial charge on any atom is -0.398 e. The van der Waals surface area contributed by atoms with E-state index in [2.05, 4.69) is 21.8 Å². The Morgan fingerprint density at radius 1 is 1.27 bits per heavy atom. The summed E-state index contributed by atoms with van der Waals surface area (Å²) in [5, 5.41) is 0. The lowest BCUT2D eigenvalue weighted by Crippen LogP contribution is -2.41. The van der Waals surface area contributed by atoms with Gasteiger partial charge in [0.2, 0.25) is 0 Å². The molecule has 1 aliphatic heterocycles. The van der Waals surface area contributed by atoms with Crippen LogP contribution in [-0.2, 0) is 15.9 Å². The Bertz CT molecular complexity index is 833. The largest absolute Gasteiger partial charge is 0.525 e. The molecular formula is C19H21BFN3O2. The molecule has 26 heavy (non-hydrogen) atoms. The van der Waals surface area contributed by atoms with Gasteiger partial charge in [-0.1, -0.05) is 12.0 Å². The lowest BCUT2D eigenvalue weighted by molar-refractivity contribution is 0.00578. The first-order valence-corrected chi connectivity index (χ1v) is 8.40. The Morgan fingerprint density at radius 2 is 2.00 bits per heavy atom. The number of hydrogen-bond donors (Lipinski definition) is 0. The van der Waals surface area contributed by atoms with E-state index in [0.717, 1.165) is 0 Å². The van der Waals surface area contributed by atoms with Crippen molar-refractivity contribution in [2.24, 2.45) is 0 Å². The summed E-state index contributed by atoms with van der Waals surface area (Å²) >= 11 is 0. The summed E-state index contributed by atoms with van der Waals surface area (Å²) in [6.07, 6.45) is 8.20. The smallest absolute Gasteiger partial charge is 0.398 e. The molecule has 2 aromatic heterocycles. The highest BCUT2D eigenvalue weighted by Crippen LogP contribution is 2.39. The van der Waals surface area contributed by atoms with Crippen LogP contribution in [0.2, 0.25) is 0 Å². The van der Waals surface area contributed by atoms with Gasteiger partial charge in [0.25, 0.3) is 0 Å². The van der Waals surface area contributed by atoms with Crippen LogP contribution in [0, 0.1) is 11.8 Å². The first-order chi connectivity index (χ1) is 12.3. The Balaban J connectivity index is 1.65. The molecule has 3 rings (SSSR count). The van der Waals surface area contributed by atoms with Gasteiger partial charge in [-0.05, 0) is 51.3 Å². The van der Waals surface area contributed by atoms with Gasteiger partial charge in [-0.25, -0.2) is 14.4 Å². The molecular weight excluding hydrogens is 332 g/mol. The van der Waals surface area contributed by atoms with Gasteiger partial charge in [0.1, 0.15) is 11.4 Å². The average Bonchev–Trinajstić information content (AvgIpc) is 3.15. The third-order valence-electron chi connectivity index (χ3n) is 4.61. The number of aromatic nitrogens is 3. The van der Waals surface area contributed by atoms with Crippen molar-refractivity contribution in [3.63, 3.8) is 0 Å². The predicted molar refractivity (Wildman–Crippen MR) is 98.5 cm³/mol. The number of hydrogen-bond acceptors (Lipinski definition) is 4. The number of pyridine rings is 1. The molecule has 0 amide bonds. The summed E-state index contributed by atoms with van der Waals surface area (Å²) in [6.45, 7) is 8.09. The second kappa shape index (κ2) is 7.06. The molecule has 0 saturated carbocycles. The van der Waals surface area contributed by atoms with Gasteiger partial charge < -0.3 is 13.9 Å². The Kier molecular flexibility index (Phi) is 4.99. The SMILES string of the molecule is CC1(C)OB(C(F)=Cc2ccc(C#CCn3ccnc3)nc2)OC1(C)C. The molecule has 7 heteroatoms. The van der Waals surface area contributed by atoms with Gasteiger partial charge >= 0.3 is 7.12 Å². The Labute approximate surface area is 153 Å². The highest BCUT2D eigenvalue weighted by atomic mass is 19.1. The van der Waals surface area contributed by atoms with E-state index < -0.39 is 24.0 Å². The highest BCUT2D eigenvalue weighted by Gasteiger charge is 2.53. The van der Waals surface area contributed by atoms with Crippen LogP contribution in [0.3, 0.4) is 0 Å². The zero-order valence-corrected chi connectivity index (χ0v) is 15.4. The predicted octanol–water partition coefficient (Wildman–Crippen LogP) is 3.27. The summed E-state index contributed by atoms with van der Waals surface area (Å²) in [4.78, 5) is 8.20. The number of rotatable bonds is 3. The van der Waals surface area contributed by atoms with E-state index in [1.807, 2.05) is 38.5 Å². The van der Waals surface area contributed by atoms with Gasteiger partial charge in [-0.2, -0.15) is 0 Å². The molecule has 0 aliphatic carbocycles. The molecule has 1 aliphatic rings. The molecule has 3 heterocycles. The van der Waals surface area contributed by atoms with E-state index in [4.69, 9.17) is 9.31 Å². The third kappa shape index (κ3) is 4.04. The summed E-state index contributed by atoms with van der Waals surface area (Å²) in [5.74, 6) is 5.97. The standard InChI is InChI=1S/C19H21BFN3O2/c1-18(2)19(3,4)26-20(25-18)17(21)12-15-7-8-16(23-13-15)6-5-10-24-11-9-22-14-24/h7-9,11-14H,10H2,1-4H3. The van der Waals surface area contributed by atoms with Crippen LogP contribution >= 0.6 is 0 Å². The monoisotopic (exact) mass is 353 g/mol. The van der Waals surface area contributed by atoms with Crippen LogP contribution < -0.4 is 0 Å². The highest BCUT2D eigenvalue weighted by molar-refractivity contribution is 6.54. The molecule has 0 spiro atoms. The molecule has 134 valence electrons. The maximum Gasteiger partial charge on any atom is 0.525 e. The van der Waals surface area contributed by atoms with E-state index in [1.165, 1.54) is 6.08 Å². The zero-order valence-electron chi connectivity index (χ0n) is 15.4. The van der Waals surface area contributed by atoms with Crippen molar-refractivity contribution in [3.05, 3.63) is 54.0 Å². The van der Waals surface area contributed by atoms with Gasteiger partial charge in [-0.15, -0.1) is 0 Å². The Hall–Kier alpha value is -2.43. The van der Waals surface area contributed by atoms with Crippen LogP contribution in [0.15, 0.2) is 42.8 Å². The van der Waals surface area contributed by atoms with Crippen molar-refractivity contribution in [2.45, 2.75) is 45.4 Å². The molecule has 2 aromatic rings. The van der Waals surface area contributed by atoms with Crippen molar-refractivity contribution in [3.8, 4) is 11.8 Å². The summed E-state index contributed by atoms with van der Waals surface area (Å²) in [6, 6.07) is 3.52. The second-order valence-electron chi connectivity index (χ2n) is 7.13. The number of imidazole rings is 1. The van der Waals surface area contributed by atoms with Crippen LogP contribution in [0.4, 0.5) is 4.39 Å². The van der Waals surface area contributed by atoms with E-state index in [0.29, 0.717) is 17.8 Å². The fraction of sp³-hybridized carbons (Fsp3) is 0.368. The van der Waals surface area contributed by atoms with Crippen LogP contribution in [0.25, 0.3) is 6.08 Å². The van der Waals surface area contributed by atoms with Gasteiger partial charge in [0.15, 0.2) is 0 Å². The third-order valence-corrected chi connectivity index (χ3v) is 4.61. The average molecular weight is 353 g/mol. The van der Waals surface area contributed by atoms with E-state index >= 15 is 0 Å². The zero-order chi connectivity index (χ0) is 18.8. The molecule has 1 saturated heterocycles. The number of halogens is 1. The maximum absolute atomic E-state index is 14.5. The summed E-state index contributed by atoms with van der Waals surface area (Å²) < 4.78 is 27.7. The van der Waals surface area contributed by atoms with E-state index in [9.17, 15) is 4.39 Å². The van der Waals surface area contributed by atoms with Crippen LogP contribution in [0.5, 0.6) is 0 Å². The first-order valence-electron chi connectivity index (χ1n) is 8.40. The van der Waals surface area contributed by atoms with Crippen LogP contribution in [-0.4, -0.2) is 32.9 Å². The van der Waals surface area contributed by atoms with Crippen molar-refractivity contribution in [1.29, 1.82) is 0 Å². The fourth-order valence-corrected chi connectivity index (χ4v) is 2.35. The summed E-state index contributed by atoms with van der Waals surface area (Å²) in [7, 11) is -1.00. The lowest BCUT2D eigenvalue weighted by Gasteiger charge is -2.32. The molecule has 0 bridgehead atoms. The van der Waals surface area contributed by atoms with E-state index in [1.54, 1.807) is 30.9 Å². The second-order valence-corrected chi connectivity index (χ2v) is 7.13. The van der Waals surface area contributed by atoms with Gasteiger partial charge in [0, 0.05) is 18.6 Å².